The number of piperidine rings is 1. The topological polar surface area (TPSA) is 44.7 Å². The normalized spacial score (nSPS) is 26.2. The van der Waals surface area contributed by atoms with E-state index in [0.717, 1.165) is 39.1 Å². The minimum Gasteiger partial charge on any atom is -0.394 e. The summed E-state index contributed by atoms with van der Waals surface area (Å²) < 4.78 is 5.68. The molecule has 1 heterocycles. The van der Waals surface area contributed by atoms with Gasteiger partial charge in [0, 0.05) is 26.2 Å². The van der Waals surface area contributed by atoms with Crippen molar-refractivity contribution in [2.24, 2.45) is 5.92 Å². The summed E-state index contributed by atoms with van der Waals surface area (Å²) in [5.74, 6) is 0.664. The van der Waals surface area contributed by atoms with E-state index in [-0.39, 0.29) is 12.1 Å². The van der Waals surface area contributed by atoms with Crippen molar-refractivity contribution in [3.05, 3.63) is 0 Å². The number of rotatable bonds is 7. The Kier molecular flexibility index (Phi) is 5.01. The molecule has 1 saturated carbocycles. The van der Waals surface area contributed by atoms with Crippen molar-refractivity contribution in [1.82, 2.24) is 10.2 Å². The second kappa shape index (κ2) is 6.33. The summed E-state index contributed by atoms with van der Waals surface area (Å²) in [5, 5.41) is 13.1. The van der Waals surface area contributed by atoms with Gasteiger partial charge in [-0.25, -0.2) is 0 Å². The van der Waals surface area contributed by atoms with Crippen LogP contribution in [0.2, 0.25) is 0 Å². The molecule has 0 amide bonds. The van der Waals surface area contributed by atoms with E-state index in [0.29, 0.717) is 12.0 Å². The molecule has 1 atom stereocenters. The van der Waals surface area contributed by atoms with Crippen molar-refractivity contribution >= 4 is 0 Å². The van der Waals surface area contributed by atoms with E-state index in [1.807, 2.05) is 7.05 Å². The lowest BCUT2D eigenvalue weighted by Crippen LogP contribution is -2.58. The van der Waals surface area contributed by atoms with Gasteiger partial charge >= 0.3 is 0 Å². The zero-order valence-electron chi connectivity index (χ0n) is 11.8. The van der Waals surface area contributed by atoms with E-state index in [4.69, 9.17) is 4.74 Å². The van der Waals surface area contributed by atoms with Crippen LogP contribution >= 0.6 is 0 Å². The molecule has 0 aromatic carbocycles. The van der Waals surface area contributed by atoms with Crippen molar-refractivity contribution < 1.29 is 9.84 Å². The first-order chi connectivity index (χ1) is 8.74. The van der Waals surface area contributed by atoms with Crippen LogP contribution in [0, 0.1) is 5.92 Å². The average molecular weight is 256 g/mol. The zero-order valence-corrected chi connectivity index (χ0v) is 11.8. The van der Waals surface area contributed by atoms with E-state index in [2.05, 4.69) is 17.1 Å². The first kappa shape index (κ1) is 14.3. The standard InChI is InChI=1S/C14H28N2O2/c1-3-18-13-6-8-16(9-7-13)10-14(11-17,15-2)12-4-5-12/h12-13,15,17H,3-11H2,1-2H3. The van der Waals surface area contributed by atoms with Gasteiger partial charge in [0.2, 0.25) is 0 Å². The van der Waals surface area contributed by atoms with Gasteiger partial charge < -0.3 is 20.1 Å². The molecule has 0 bridgehead atoms. The van der Waals surface area contributed by atoms with E-state index in [1.54, 1.807) is 0 Å². The fourth-order valence-electron chi connectivity index (χ4n) is 3.18. The SMILES string of the molecule is CCOC1CCN(CC(CO)(NC)C2CC2)CC1. The highest BCUT2D eigenvalue weighted by Crippen LogP contribution is 2.40. The van der Waals surface area contributed by atoms with Crippen LogP contribution in [-0.2, 0) is 4.74 Å². The molecule has 4 heteroatoms. The first-order valence-electron chi connectivity index (χ1n) is 7.38. The number of hydrogen-bond donors (Lipinski definition) is 2. The molecule has 106 valence electrons. The average Bonchev–Trinajstić information content (AvgIpc) is 3.23. The van der Waals surface area contributed by atoms with Crippen molar-refractivity contribution in [1.29, 1.82) is 0 Å². The maximum absolute atomic E-state index is 9.74. The summed E-state index contributed by atoms with van der Waals surface area (Å²) in [6, 6.07) is 0. The monoisotopic (exact) mass is 256 g/mol. The van der Waals surface area contributed by atoms with Crippen molar-refractivity contribution in [2.45, 2.75) is 44.2 Å². The van der Waals surface area contributed by atoms with Crippen molar-refractivity contribution in [3.63, 3.8) is 0 Å². The van der Waals surface area contributed by atoms with Gasteiger partial charge in [0.05, 0.1) is 18.2 Å². The number of likely N-dealkylation sites (tertiary alicyclic amines) is 1. The highest BCUT2D eigenvalue weighted by atomic mass is 16.5. The van der Waals surface area contributed by atoms with Crippen LogP contribution in [0.5, 0.6) is 0 Å². The summed E-state index contributed by atoms with van der Waals surface area (Å²) in [4.78, 5) is 2.49. The number of aliphatic hydroxyl groups excluding tert-OH is 1. The molecule has 2 aliphatic rings. The predicted octanol–water partition coefficient (Wildman–Crippen LogP) is 0.848. The maximum atomic E-state index is 9.74. The lowest BCUT2D eigenvalue weighted by molar-refractivity contribution is 0.00177. The first-order valence-corrected chi connectivity index (χ1v) is 7.38. The molecule has 1 saturated heterocycles. The summed E-state index contributed by atoms with van der Waals surface area (Å²) in [6.45, 7) is 6.31. The van der Waals surface area contributed by atoms with Gasteiger partial charge in [-0.05, 0) is 45.6 Å². The van der Waals surface area contributed by atoms with Crippen LogP contribution in [0.15, 0.2) is 0 Å². The zero-order chi connectivity index (χ0) is 13.0. The lowest BCUT2D eigenvalue weighted by Gasteiger charge is -2.40. The highest BCUT2D eigenvalue weighted by Gasteiger charge is 2.45. The van der Waals surface area contributed by atoms with Gasteiger partial charge in [0.25, 0.3) is 0 Å². The van der Waals surface area contributed by atoms with E-state index >= 15 is 0 Å². The van der Waals surface area contributed by atoms with Gasteiger partial charge in [0.15, 0.2) is 0 Å². The number of likely N-dealkylation sites (N-methyl/N-ethyl adjacent to an activating group) is 1. The summed E-state index contributed by atoms with van der Waals surface area (Å²) in [6.07, 6.45) is 5.23. The molecule has 0 aromatic rings. The summed E-state index contributed by atoms with van der Waals surface area (Å²) >= 11 is 0. The Labute approximate surface area is 111 Å². The molecule has 2 N–H and O–H groups in total. The Balaban J connectivity index is 1.82. The number of nitrogens with one attached hydrogen (secondary N) is 1. The lowest BCUT2D eigenvalue weighted by atomic mass is 9.92. The van der Waals surface area contributed by atoms with Crippen LogP contribution in [0.4, 0.5) is 0 Å². The highest BCUT2D eigenvalue weighted by molar-refractivity contribution is 5.02. The number of aliphatic hydroxyl groups is 1. The fourth-order valence-corrected chi connectivity index (χ4v) is 3.18. The molecule has 2 rings (SSSR count). The molecular formula is C14H28N2O2. The fraction of sp³-hybridized carbons (Fsp3) is 1.00. The molecule has 0 radical (unpaired) electrons. The molecule has 1 aliphatic carbocycles. The third kappa shape index (κ3) is 3.23. The second-order valence-corrected chi connectivity index (χ2v) is 5.77. The van der Waals surface area contributed by atoms with E-state index < -0.39 is 0 Å². The largest absolute Gasteiger partial charge is 0.394 e. The Bertz CT molecular complexity index is 244. The van der Waals surface area contributed by atoms with E-state index in [1.165, 1.54) is 12.8 Å². The minimum absolute atomic E-state index is 0.0710. The van der Waals surface area contributed by atoms with Crippen LogP contribution in [0.25, 0.3) is 0 Å². The summed E-state index contributed by atoms with van der Waals surface area (Å²) in [7, 11) is 1.99. The maximum Gasteiger partial charge on any atom is 0.0628 e. The van der Waals surface area contributed by atoms with Crippen LogP contribution in [0.1, 0.15) is 32.6 Å². The molecule has 1 aliphatic heterocycles. The molecule has 2 fully saturated rings. The number of nitrogens with zero attached hydrogens (tertiary/aromatic N) is 1. The van der Waals surface area contributed by atoms with Crippen LogP contribution < -0.4 is 5.32 Å². The third-order valence-electron chi connectivity index (χ3n) is 4.58. The van der Waals surface area contributed by atoms with Gasteiger partial charge in [-0.3, -0.25) is 0 Å². The van der Waals surface area contributed by atoms with Crippen LogP contribution in [0.3, 0.4) is 0 Å². The number of hydrogen-bond acceptors (Lipinski definition) is 4. The second-order valence-electron chi connectivity index (χ2n) is 5.77. The summed E-state index contributed by atoms with van der Waals surface area (Å²) in [5.41, 5.74) is -0.0710. The molecule has 0 spiro atoms. The smallest absolute Gasteiger partial charge is 0.0628 e. The van der Waals surface area contributed by atoms with Gasteiger partial charge in [-0.2, -0.15) is 0 Å². The van der Waals surface area contributed by atoms with Crippen LogP contribution in [-0.4, -0.2) is 61.5 Å². The molecule has 0 aromatic heterocycles. The Morgan fingerprint density at radius 1 is 1.28 bits per heavy atom. The molecule has 4 nitrogen and oxygen atoms in total. The Hall–Kier alpha value is -0.160. The molecular weight excluding hydrogens is 228 g/mol. The van der Waals surface area contributed by atoms with Gasteiger partial charge in [-0.1, -0.05) is 0 Å². The van der Waals surface area contributed by atoms with Crippen molar-refractivity contribution in [2.75, 3.05) is 39.9 Å². The van der Waals surface area contributed by atoms with E-state index in [9.17, 15) is 5.11 Å². The Morgan fingerprint density at radius 2 is 1.94 bits per heavy atom. The molecule has 1 unspecified atom stereocenters. The minimum atomic E-state index is -0.0710. The Morgan fingerprint density at radius 3 is 2.39 bits per heavy atom. The predicted molar refractivity (Wildman–Crippen MR) is 72.7 cm³/mol. The molecule has 18 heavy (non-hydrogen) atoms. The van der Waals surface area contributed by atoms with Gasteiger partial charge in [-0.15, -0.1) is 0 Å². The van der Waals surface area contributed by atoms with Gasteiger partial charge in [0.1, 0.15) is 0 Å². The quantitative estimate of drug-likeness (QED) is 0.709. The van der Waals surface area contributed by atoms with Crippen molar-refractivity contribution in [3.8, 4) is 0 Å². The number of ether oxygens (including phenoxy) is 1. The third-order valence-corrected chi connectivity index (χ3v) is 4.58.